The standard InChI is InChI=1S/C20H30N2.C18H25N.C14H15N3.C7H7N.C6H10/c1-7-17-18(8-2)20(10-4)22(19(17)9-3)16-13-11-15(12-14-16)21(5)6;1-5-15-16(6-2)18(8-4)19(17(15)7-3)14-12-10-9-11-13-14;1-17(2)14-10-8-13(9-11-14)16-15-12-6-4-3-5-7-12;1-8-7-5-3-2-4-6-7;1-3-5-6-4-2/h11-14H,7-10H2,1-6H3;9-13H,5-8H2,1-4H3;3-11H,1-2H3;2-6H,1H2;3-4H2,1-2H3. The molecule has 0 atom stereocenters. The Kier molecular flexibility index (Phi) is 27.1. The summed E-state index contributed by atoms with van der Waals surface area (Å²) in [5.41, 5.74) is 19.9. The van der Waals surface area contributed by atoms with Gasteiger partial charge in [0.05, 0.1) is 17.1 Å². The lowest BCUT2D eigenvalue weighted by Gasteiger charge is -2.16. The fourth-order valence-electron chi connectivity index (χ4n) is 9.03. The molecule has 7 aromatic rings. The summed E-state index contributed by atoms with van der Waals surface area (Å²) in [6.45, 7) is 25.7. The van der Waals surface area contributed by atoms with Crippen molar-refractivity contribution in [1.82, 2.24) is 9.13 Å². The number of nitrogens with zero attached hydrogens (tertiary/aromatic N) is 7. The molecule has 0 unspecified atom stereocenters. The summed E-state index contributed by atoms with van der Waals surface area (Å²) in [5.74, 6) is 5.90. The molecule has 72 heavy (non-hydrogen) atoms. The predicted octanol–water partition coefficient (Wildman–Crippen LogP) is 17.5. The van der Waals surface area contributed by atoms with Crippen LogP contribution in [-0.4, -0.2) is 44.0 Å². The summed E-state index contributed by atoms with van der Waals surface area (Å²) in [4.78, 5) is 7.92. The number of hydrogen-bond acceptors (Lipinski definition) is 5. The first-order valence-electron chi connectivity index (χ1n) is 26.5. The Morgan fingerprint density at radius 3 is 0.931 bits per heavy atom. The van der Waals surface area contributed by atoms with Crippen LogP contribution in [0.25, 0.3) is 11.4 Å². The van der Waals surface area contributed by atoms with Crippen molar-refractivity contribution in [1.29, 1.82) is 0 Å². The molecule has 0 N–H and O–H groups in total. The van der Waals surface area contributed by atoms with E-state index in [0.29, 0.717) is 0 Å². The molecular formula is C65H87N7. The van der Waals surface area contributed by atoms with Crippen LogP contribution in [0.5, 0.6) is 0 Å². The van der Waals surface area contributed by atoms with E-state index in [2.05, 4.69) is 191 Å². The van der Waals surface area contributed by atoms with Crippen LogP contribution in [0.2, 0.25) is 0 Å². The maximum atomic E-state index is 4.18. The molecule has 7 heteroatoms. The van der Waals surface area contributed by atoms with Crippen molar-refractivity contribution >= 4 is 35.2 Å². The van der Waals surface area contributed by atoms with Gasteiger partial charge in [0.2, 0.25) is 0 Å². The third-order valence-corrected chi connectivity index (χ3v) is 12.4. The summed E-state index contributed by atoms with van der Waals surface area (Å²) in [6.07, 6.45) is 10.9. The zero-order valence-corrected chi connectivity index (χ0v) is 46.7. The Morgan fingerprint density at radius 2 is 0.653 bits per heavy atom. The Balaban J connectivity index is 0.000000253. The quantitative estimate of drug-likeness (QED) is 0.0584. The fraction of sp³-hybridized carbons (Fsp3) is 0.369. The van der Waals surface area contributed by atoms with Crippen molar-refractivity contribution in [2.24, 2.45) is 15.2 Å². The molecule has 0 bridgehead atoms. The molecule has 7 nitrogen and oxygen atoms in total. The molecule has 2 aromatic heterocycles. The summed E-state index contributed by atoms with van der Waals surface area (Å²) < 4.78 is 5.01. The molecule has 7 rings (SSSR count). The Hall–Kier alpha value is -6.91. The number of hydrogen-bond donors (Lipinski definition) is 0. The Morgan fingerprint density at radius 1 is 0.361 bits per heavy atom. The van der Waals surface area contributed by atoms with Gasteiger partial charge >= 0.3 is 0 Å². The van der Waals surface area contributed by atoms with Crippen LogP contribution in [0.15, 0.2) is 155 Å². The van der Waals surface area contributed by atoms with E-state index < -0.39 is 0 Å². The maximum Gasteiger partial charge on any atom is 0.0858 e. The van der Waals surface area contributed by atoms with E-state index in [1.54, 1.807) is 22.3 Å². The molecule has 382 valence electrons. The number of anilines is 2. The predicted molar refractivity (Wildman–Crippen MR) is 316 cm³/mol. The largest absolute Gasteiger partial charge is 0.378 e. The monoisotopic (exact) mass is 966 g/mol. The molecule has 0 amide bonds. The molecule has 5 aromatic carbocycles. The van der Waals surface area contributed by atoms with Crippen molar-refractivity contribution in [2.75, 3.05) is 38.0 Å². The van der Waals surface area contributed by atoms with Crippen LogP contribution >= 0.6 is 0 Å². The molecule has 0 fully saturated rings. The lowest BCUT2D eigenvalue weighted by atomic mass is 10.0. The Bertz CT molecular complexity index is 2610. The van der Waals surface area contributed by atoms with Crippen LogP contribution in [0.1, 0.15) is 127 Å². The number of aliphatic imine (C=N–C) groups is 1. The molecular weight excluding hydrogens is 879 g/mol. The van der Waals surface area contributed by atoms with E-state index >= 15 is 0 Å². The average Bonchev–Trinajstić information content (AvgIpc) is 3.94. The second kappa shape index (κ2) is 32.9. The van der Waals surface area contributed by atoms with E-state index in [0.717, 1.165) is 87.0 Å². The molecule has 0 saturated heterocycles. The van der Waals surface area contributed by atoms with Gasteiger partial charge in [-0.15, -0.1) is 11.8 Å². The third-order valence-electron chi connectivity index (χ3n) is 12.4. The minimum absolute atomic E-state index is 0.861. The Labute approximate surface area is 436 Å². The number of rotatable bonds is 15. The highest BCUT2D eigenvalue weighted by molar-refractivity contribution is 5.55. The minimum atomic E-state index is 0.861. The maximum absolute atomic E-state index is 4.18. The number of aromatic nitrogens is 2. The lowest BCUT2D eigenvalue weighted by Crippen LogP contribution is -2.09. The molecule has 0 saturated carbocycles. The van der Waals surface area contributed by atoms with Crippen LogP contribution in [-0.2, 0) is 51.4 Å². The third kappa shape index (κ3) is 17.1. The van der Waals surface area contributed by atoms with Gasteiger partial charge in [-0.25, -0.2) is 0 Å². The van der Waals surface area contributed by atoms with Gasteiger partial charge in [0.25, 0.3) is 0 Å². The molecule has 2 heterocycles. The number of benzene rings is 5. The van der Waals surface area contributed by atoms with E-state index in [1.807, 2.05) is 99.0 Å². The lowest BCUT2D eigenvalue weighted by molar-refractivity contribution is 0.853. The first-order valence-corrected chi connectivity index (χ1v) is 26.5. The fourth-order valence-corrected chi connectivity index (χ4v) is 9.03. The minimum Gasteiger partial charge on any atom is -0.378 e. The second-order valence-corrected chi connectivity index (χ2v) is 17.4. The van der Waals surface area contributed by atoms with Crippen LogP contribution in [0.4, 0.5) is 28.4 Å². The van der Waals surface area contributed by atoms with Crippen molar-refractivity contribution in [3.63, 3.8) is 0 Å². The normalized spacial score (nSPS) is 10.2. The van der Waals surface area contributed by atoms with Crippen LogP contribution in [0.3, 0.4) is 0 Å². The van der Waals surface area contributed by atoms with E-state index in [9.17, 15) is 0 Å². The number of para-hydroxylation sites is 2. The van der Waals surface area contributed by atoms with Gasteiger partial charge < -0.3 is 18.9 Å². The van der Waals surface area contributed by atoms with Gasteiger partial charge in [-0.2, -0.15) is 10.2 Å². The highest BCUT2D eigenvalue weighted by Crippen LogP contribution is 2.31. The van der Waals surface area contributed by atoms with Crippen molar-refractivity contribution in [3.05, 3.63) is 185 Å². The van der Waals surface area contributed by atoms with E-state index in [4.69, 9.17) is 0 Å². The van der Waals surface area contributed by atoms with Gasteiger partial charge in [0.1, 0.15) is 0 Å². The molecule has 0 aliphatic carbocycles. The van der Waals surface area contributed by atoms with E-state index in [-0.39, 0.29) is 0 Å². The average molecular weight is 966 g/mol. The van der Waals surface area contributed by atoms with Gasteiger partial charge in [-0.05, 0) is 165 Å². The zero-order valence-electron chi connectivity index (χ0n) is 46.7. The molecule has 0 aliphatic heterocycles. The summed E-state index contributed by atoms with van der Waals surface area (Å²) in [7, 11) is 8.20. The SMILES string of the molecule is C=Nc1ccccc1.CCC#CCC.CCc1c(CC)c(CC)n(-c2ccc(N(C)C)cc2)c1CC.CCc1c(CC)c(CC)n(-c2ccccc2)c1CC.CN(C)c1ccc(N=Nc2ccccc2)cc1. The zero-order chi connectivity index (χ0) is 52.8. The van der Waals surface area contributed by atoms with Crippen molar-refractivity contribution in [3.8, 4) is 23.2 Å². The topological polar surface area (TPSA) is 53.4 Å². The molecule has 0 radical (unpaired) electrons. The van der Waals surface area contributed by atoms with Crippen molar-refractivity contribution in [2.45, 2.75) is 133 Å². The summed E-state index contributed by atoms with van der Waals surface area (Å²) >= 11 is 0. The second-order valence-electron chi connectivity index (χ2n) is 17.4. The van der Waals surface area contributed by atoms with E-state index in [1.165, 1.54) is 39.8 Å². The van der Waals surface area contributed by atoms with Gasteiger partial charge in [-0.1, -0.05) is 124 Å². The van der Waals surface area contributed by atoms with Crippen LogP contribution in [0, 0.1) is 11.8 Å². The van der Waals surface area contributed by atoms with Crippen molar-refractivity contribution < 1.29 is 0 Å². The molecule has 0 spiro atoms. The highest BCUT2D eigenvalue weighted by Gasteiger charge is 2.20. The molecule has 0 aliphatic rings. The summed E-state index contributed by atoms with van der Waals surface area (Å²) in [5, 5.41) is 8.35. The highest BCUT2D eigenvalue weighted by atomic mass is 15.1. The van der Waals surface area contributed by atoms with Gasteiger partial charge in [0, 0.05) is 86.6 Å². The van der Waals surface area contributed by atoms with Gasteiger partial charge in [0.15, 0.2) is 0 Å². The number of azo groups is 1. The smallest absolute Gasteiger partial charge is 0.0858 e. The van der Waals surface area contributed by atoms with Crippen LogP contribution < -0.4 is 9.80 Å². The first kappa shape index (κ1) is 59.4. The summed E-state index contributed by atoms with van der Waals surface area (Å²) in [6, 6.07) is 47.1. The first-order chi connectivity index (χ1) is 35.0. The van der Waals surface area contributed by atoms with Gasteiger partial charge in [-0.3, -0.25) is 4.99 Å².